The second-order valence-electron chi connectivity index (χ2n) is 6.78. The number of nitrogens with zero attached hydrogens (tertiary/aromatic N) is 3. The van der Waals surface area contributed by atoms with Crippen LogP contribution in [-0.4, -0.2) is 66.8 Å². The van der Waals surface area contributed by atoms with E-state index in [1.54, 1.807) is 17.0 Å². The molecule has 2 heterocycles. The maximum absolute atomic E-state index is 13.2. The van der Waals surface area contributed by atoms with E-state index in [0.717, 1.165) is 0 Å². The minimum absolute atomic E-state index is 0.00848. The molecular formula is C20H23FN4O4. The van der Waals surface area contributed by atoms with Crippen molar-refractivity contribution in [2.24, 2.45) is 5.73 Å². The molecule has 0 bridgehead atoms. The quantitative estimate of drug-likeness (QED) is 0.747. The predicted octanol–water partition coefficient (Wildman–Crippen LogP) is 1.09. The molecule has 1 aromatic heterocycles. The smallest absolute Gasteiger partial charge is 0.289 e. The van der Waals surface area contributed by atoms with Crippen LogP contribution in [0.25, 0.3) is 0 Å². The zero-order valence-corrected chi connectivity index (χ0v) is 15.9. The lowest BCUT2D eigenvalue weighted by molar-refractivity contribution is -0.120. The number of carbonyl (C=O) groups is 3. The summed E-state index contributed by atoms with van der Waals surface area (Å²) in [6.07, 6.45) is 1.47. The third kappa shape index (κ3) is 5.41. The van der Waals surface area contributed by atoms with Gasteiger partial charge in [0.15, 0.2) is 5.76 Å². The normalized spacial score (nSPS) is 14.6. The highest BCUT2D eigenvalue weighted by Gasteiger charge is 2.26. The van der Waals surface area contributed by atoms with Crippen molar-refractivity contribution in [2.45, 2.75) is 6.42 Å². The maximum Gasteiger partial charge on any atom is 0.289 e. The number of anilines is 1. The molecule has 1 fully saturated rings. The largest absolute Gasteiger partial charge is 0.459 e. The molecule has 3 amide bonds. The molecule has 2 N–H and O–H groups in total. The summed E-state index contributed by atoms with van der Waals surface area (Å²) in [7, 11) is 0. The third-order valence-electron chi connectivity index (χ3n) is 4.77. The van der Waals surface area contributed by atoms with Crippen molar-refractivity contribution in [3.63, 3.8) is 0 Å². The van der Waals surface area contributed by atoms with E-state index >= 15 is 0 Å². The number of primary amides is 1. The number of amides is 3. The molecule has 1 saturated heterocycles. The molecule has 1 aliphatic rings. The molecule has 0 spiro atoms. The zero-order chi connectivity index (χ0) is 20.8. The molecule has 3 rings (SSSR count). The van der Waals surface area contributed by atoms with Gasteiger partial charge in [0, 0.05) is 44.8 Å². The Balaban J connectivity index is 1.58. The summed E-state index contributed by atoms with van der Waals surface area (Å²) in [5.41, 5.74) is 5.72. The van der Waals surface area contributed by atoms with E-state index < -0.39 is 11.7 Å². The Labute approximate surface area is 167 Å². The van der Waals surface area contributed by atoms with Crippen molar-refractivity contribution in [3.8, 4) is 0 Å². The molecule has 0 unspecified atom stereocenters. The Morgan fingerprint density at radius 2 is 1.76 bits per heavy atom. The van der Waals surface area contributed by atoms with Crippen molar-refractivity contribution < 1.29 is 23.2 Å². The number of benzene rings is 1. The summed E-state index contributed by atoms with van der Waals surface area (Å²) in [6.45, 7) is 2.27. The van der Waals surface area contributed by atoms with Crippen molar-refractivity contribution >= 4 is 23.4 Å². The molecule has 1 aromatic carbocycles. The molecule has 0 atom stereocenters. The van der Waals surface area contributed by atoms with Crippen LogP contribution in [0.5, 0.6) is 0 Å². The standard InChI is InChI=1S/C20H23FN4O4/c21-15-3-5-16(6-4-15)25(8-7-18(22)26)19(27)14-23-9-11-24(12-10-23)20(28)17-2-1-13-29-17/h1-6,13H,7-12,14H2,(H2,22,26). The van der Waals surface area contributed by atoms with Crippen molar-refractivity contribution in [2.75, 3.05) is 44.2 Å². The van der Waals surface area contributed by atoms with Crippen molar-refractivity contribution in [3.05, 3.63) is 54.2 Å². The minimum Gasteiger partial charge on any atom is -0.459 e. The maximum atomic E-state index is 13.2. The Morgan fingerprint density at radius 1 is 1.07 bits per heavy atom. The highest BCUT2D eigenvalue weighted by atomic mass is 19.1. The zero-order valence-electron chi connectivity index (χ0n) is 15.9. The van der Waals surface area contributed by atoms with E-state index in [-0.39, 0.29) is 31.3 Å². The van der Waals surface area contributed by atoms with Crippen LogP contribution in [0.1, 0.15) is 17.0 Å². The Bertz CT molecular complexity index is 846. The second-order valence-corrected chi connectivity index (χ2v) is 6.78. The SMILES string of the molecule is NC(=O)CCN(C(=O)CN1CCN(C(=O)c2ccco2)CC1)c1ccc(F)cc1. The molecule has 1 aliphatic heterocycles. The lowest BCUT2D eigenvalue weighted by Crippen LogP contribution is -2.51. The number of piperazine rings is 1. The fraction of sp³-hybridized carbons (Fsp3) is 0.350. The first-order chi connectivity index (χ1) is 13.9. The first kappa shape index (κ1) is 20.5. The number of hydrogen-bond acceptors (Lipinski definition) is 5. The summed E-state index contributed by atoms with van der Waals surface area (Å²) in [6, 6.07) is 8.80. The van der Waals surface area contributed by atoms with Crippen LogP contribution in [0, 0.1) is 5.82 Å². The van der Waals surface area contributed by atoms with E-state index in [4.69, 9.17) is 10.2 Å². The highest BCUT2D eigenvalue weighted by Crippen LogP contribution is 2.17. The summed E-state index contributed by atoms with van der Waals surface area (Å²) in [5, 5.41) is 0. The van der Waals surface area contributed by atoms with Gasteiger partial charge in [0.25, 0.3) is 5.91 Å². The van der Waals surface area contributed by atoms with E-state index in [1.807, 2.05) is 4.90 Å². The van der Waals surface area contributed by atoms with Gasteiger partial charge in [0.1, 0.15) is 5.82 Å². The van der Waals surface area contributed by atoms with Gasteiger partial charge in [-0.05, 0) is 36.4 Å². The van der Waals surface area contributed by atoms with Gasteiger partial charge in [-0.2, -0.15) is 0 Å². The average Bonchev–Trinajstić information content (AvgIpc) is 3.24. The second kappa shape index (κ2) is 9.33. The van der Waals surface area contributed by atoms with Crippen LogP contribution in [0.2, 0.25) is 0 Å². The number of halogens is 1. The van der Waals surface area contributed by atoms with Crippen LogP contribution in [0.15, 0.2) is 47.1 Å². The summed E-state index contributed by atoms with van der Waals surface area (Å²) in [4.78, 5) is 41.4. The van der Waals surface area contributed by atoms with Crippen molar-refractivity contribution in [1.29, 1.82) is 0 Å². The third-order valence-corrected chi connectivity index (χ3v) is 4.77. The Hall–Kier alpha value is -3.20. The van der Waals surface area contributed by atoms with E-state index in [2.05, 4.69) is 0 Å². The molecule has 9 heteroatoms. The molecular weight excluding hydrogens is 379 g/mol. The van der Waals surface area contributed by atoms with Gasteiger partial charge < -0.3 is 20.0 Å². The van der Waals surface area contributed by atoms with Gasteiger partial charge in [0.05, 0.1) is 12.8 Å². The Kier molecular flexibility index (Phi) is 6.61. The van der Waals surface area contributed by atoms with Gasteiger partial charge >= 0.3 is 0 Å². The topological polar surface area (TPSA) is 100 Å². The monoisotopic (exact) mass is 402 g/mol. The van der Waals surface area contributed by atoms with Crippen LogP contribution in [-0.2, 0) is 9.59 Å². The van der Waals surface area contributed by atoms with Gasteiger partial charge in [-0.25, -0.2) is 4.39 Å². The number of nitrogens with two attached hydrogens (primary N) is 1. The number of carbonyl (C=O) groups excluding carboxylic acids is 3. The summed E-state index contributed by atoms with van der Waals surface area (Å²) >= 11 is 0. The fourth-order valence-corrected chi connectivity index (χ4v) is 3.18. The van der Waals surface area contributed by atoms with Crippen molar-refractivity contribution in [1.82, 2.24) is 9.80 Å². The molecule has 8 nitrogen and oxygen atoms in total. The van der Waals surface area contributed by atoms with Gasteiger partial charge in [-0.3, -0.25) is 19.3 Å². The van der Waals surface area contributed by atoms with Crippen LogP contribution >= 0.6 is 0 Å². The minimum atomic E-state index is -0.519. The number of furan rings is 1. The molecule has 0 radical (unpaired) electrons. The first-order valence-corrected chi connectivity index (χ1v) is 9.33. The fourth-order valence-electron chi connectivity index (χ4n) is 3.18. The lowest BCUT2D eigenvalue weighted by Gasteiger charge is -2.35. The predicted molar refractivity (Wildman–Crippen MR) is 104 cm³/mol. The van der Waals surface area contributed by atoms with E-state index in [9.17, 15) is 18.8 Å². The van der Waals surface area contributed by atoms with Gasteiger partial charge in [-0.1, -0.05) is 0 Å². The lowest BCUT2D eigenvalue weighted by atomic mass is 10.2. The highest BCUT2D eigenvalue weighted by molar-refractivity contribution is 5.95. The van der Waals surface area contributed by atoms with E-state index in [1.165, 1.54) is 35.4 Å². The first-order valence-electron chi connectivity index (χ1n) is 9.33. The van der Waals surface area contributed by atoms with Gasteiger partial charge in [0.2, 0.25) is 11.8 Å². The van der Waals surface area contributed by atoms with Crippen LogP contribution in [0.3, 0.4) is 0 Å². The van der Waals surface area contributed by atoms with Gasteiger partial charge in [-0.15, -0.1) is 0 Å². The summed E-state index contributed by atoms with van der Waals surface area (Å²) in [5.74, 6) is -1.02. The van der Waals surface area contributed by atoms with Crippen LogP contribution < -0.4 is 10.6 Å². The molecule has 0 saturated carbocycles. The average molecular weight is 402 g/mol. The Morgan fingerprint density at radius 3 is 2.34 bits per heavy atom. The molecule has 2 aromatic rings. The number of hydrogen-bond donors (Lipinski definition) is 1. The molecule has 154 valence electrons. The van der Waals surface area contributed by atoms with E-state index in [0.29, 0.717) is 37.6 Å². The van der Waals surface area contributed by atoms with Crippen LogP contribution in [0.4, 0.5) is 10.1 Å². The molecule has 29 heavy (non-hydrogen) atoms. The molecule has 0 aliphatic carbocycles. The summed E-state index contributed by atoms with van der Waals surface area (Å²) < 4.78 is 18.4. The number of rotatable bonds is 7.